The minimum atomic E-state index is -0.211. The molecule has 1 atom stereocenters. The van der Waals surface area contributed by atoms with Crippen molar-refractivity contribution in [2.45, 2.75) is 39.0 Å². The molecule has 27 heavy (non-hydrogen) atoms. The summed E-state index contributed by atoms with van der Waals surface area (Å²) in [4.78, 5) is 25.7. The number of Topliss-reactive ketones (excluding diaryl/α,β-unsaturated/α-hetero) is 1. The molecule has 0 fully saturated rings. The summed E-state index contributed by atoms with van der Waals surface area (Å²) in [5.41, 5.74) is 1.05. The molecule has 1 N–H and O–H groups in total. The number of carbonyl (C=O) groups is 2. The van der Waals surface area contributed by atoms with Crippen molar-refractivity contribution >= 4 is 22.5 Å². The molecule has 0 radical (unpaired) electrons. The van der Waals surface area contributed by atoms with Crippen LogP contribution in [-0.4, -0.2) is 43.8 Å². The van der Waals surface area contributed by atoms with Crippen molar-refractivity contribution in [2.24, 2.45) is 5.92 Å². The lowest BCUT2D eigenvalue weighted by Crippen LogP contribution is -2.46. The number of hydrogen-bond donors (Lipinski definition) is 1. The topological polar surface area (TPSA) is 49.4 Å². The van der Waals surface area contributed by atoms with Crippen molar-refractivity contribution in [1.82, 2.24) is 10.2 Å². The van der Waals surface area contributed by atoms with E-state index in [2.05, 4.69) is 80.6 Å². The Labute approximate surface area is 162 Å². The van der Waals surface area contributed by atoms with Crippen LogP contribution in [0.4, 0.5) is 0 Å². The minimum Gasteiger partial charge on any atom is -0.355 e. The van der Waals surface area contributed by atoms with Gasteiger partial charge in [0.15, 0.2) is 0 Å². The third-order valence-corrected chi connectivity index (χ3v) is 5.45. The van der Waals surface area contributed by atoms with Crippen molar-refractivity contribution < 1.29 is 9.59 Å². The molecule has 0 heterocycles. The highest BCUT2D eigenvalue weighted by atomic mass is 16.2. The van der Waals surface area contributed by atoms with Crippen molar-refractivity contribution in [3.63, 3.8) is 0 Å². The Kier molecular flexibility index (Phi) is 7.14. The number of ketones is 1. The molecule has 1 amide bonds. The average molecular weight is 369 g/mol. The van der Waals surface area contributed by atoms with Crippen LogP contribution in [0.1, 0.15) is 39.2 Å². The molecule has 0 bridgehead atoms. The normalized spacial score (nSPS) is 13.7. The number of rotatable bonds is 9. The second-order valence-corrected chi connectivity index (χ2v) is 8.05. The molecular formula is C23H32N2O2. The smallest absolute Gasteiger partial charge is 0.227 e. The number of nitrogens with zero attached hydrogens (tertiary/aromatic N) is 1. The molecule has 0 aromatic heterocycles. The maximum absolute atomic E-state index is 12.2. The molecule has 2 aromatic carbocycles. The molecule has 0 aliphatic carbocycles. The van der Waals surface area contributed by atoms with Gasteiger partial charge in [0.1, 0.15) is 5.78 Å². The van der Waals surface area contributed by atoms with Gasteiger partial charge in [0.05, 0.1) is 6.42 Å². The Hall–Kier alpha value is -2.20. The van der Waals surface area contributed by atoms with E-state index in [-0.39, 0.29) is 23.5 Å². The second kappa shape index (κ2) is 9.14. The van der Waals surface area contributed by atoms with Gasteiger partial charge in [-0.15, -0.1) is 0 Å². The summed E-state index contributed by atoms with van der Waals surface area (Å²) in [6.45, 7) is 7.33. The Balaban J connectivity index is 2.49. The fourth-order valence-electron chi connectivity index (χ4n) is 3.75. The standard InChI is InChI=1S/C23H32N2O2/c1-17(2)23(13-14-25(4)5,16-24-22(27)15-18(3)26)21-12-8-10-19-9-6-7-11-20(19)21/h6-12,17H,13-16H2,1-5H3,(H,24,27). The molecule has 146 valence electrons. The highest BCUT2D eigenvalue weighted by Crippen LogP contribution is 2.39. The highest BCUT2D eigenvalue weighted by molar-refractivity contribution is 5.96. The van der Waals surface area contributed by atoms with Gasteiger partial charge in [-0.3, -0.25) is 9.59 Å². The first kappa shape index (κ1) is 21.1. The summed E-state index contributed by atoms with van der Waals surface area (Å²) in [6.07, 6.45) is 0.865. The van der Waals surface area contributed by atoms with Crippen LogP contribution in [0.15, 0.2) is 42.5 Å². The fraction of sp³-hybridized carbons (Fsp3) is 0.478. The van der Waals surface area contributed by atoms with Crippen molar-refractivity contribution in [3.05, 3.63) is 48.0 Å². The van der Waals surface area contributed by atoms with E-state index in [4.69, 9.17) is 0 Å². The highest BCUT2D eigenvalue weighted by Gasteiger charge is 2.37. The van der Waals surface area contributed by atoms with Crippen LogP contribution in [0, 0.1) is 5.92 Å². The van der Waals surface area contributed by atoms with Gasteiger partial charge in [0, 0.05) is 12.0 Å². The molecule has 0 saturated heterocycles. The van der Waals surface area contributed by atoms with Crippen LogP contribution in [0.2, 0.25) is 0 Å². The summed E-state index contributed by atoms with van der Waals surface area (Å²) in [6, 6.07) is 14.8. The number of benzene rings is 2. The Morgan fingerprint density at radius 2 is 1.74 bits per heavy atom. The number of fused-ring (bicyclic) bond motifs is 1. The van der Waals surface area contributed by atoms with Crippen molar-refractivity contribution in [3.8, 4) is 0 Å². The number of hydrogen-bond acceptors (Lipinski definition) is 3. The van der Waals surface area contributed by atoms with Crippen LogP contribution < -0.4 is 5.32 Å². The van der Waals surface area contributed by atoms with E-state index >= 15 is 0 Å². The number of carbonyl (C=O) groups excluding carboxylic acids is 2. The van der Waals surface area contributed by atoms with E-state index in [1.165, 1.54) is 23.3 Å². The first-order valence-electron chi connectivity index (χ1n) is 9.65. The zero-order chi connectivity index (χ0) is 20.0. The van der Waals surface area contributed by atoms with E-state index in [9.17, 15) is 9.59 Å². The van der Waals surface area contributed by atoms with Gasteiger partial charge in [-0.2, -0.15) is 0 Å². The van der Waals surface area contributed by atoms with Crippen LogP contribution >= 0.6 is 0 Å². The van der Waals surface area contributed by atoms with E-state index in [0.717, 1.165) is 13.0 Å². The molecular weight excluding hydrogens is 336 g/mol. The van der Waals surface area contributed by atoms with Gasteiger partial charge in [-0.25, -0.2) is 0 Å². The summed E-state index contributed by atoms with van der Waals surface area (Å²) in [5.74, 6) is 0.0135. The zero-order valence-corrected chi connectivity index (χ0v) is 17.2. The summed E-state index contributed by atoms with van der Waals surface area (Å²) < 4.78 is 0. The van der Waals surface area contributed by atoms with Gasteiger partial charge in [0.25, 0.3) is 0 Å². The van der Waals surface area contributed by atoms with E-state index in [1.54, 1.807) is 0 Å². The second-order valence-electron chi connectivity index (χ2n) is 8.05. The maximum Gasteiger partial charge on any atom is 0.227 e. The summed E-state index contributed by atoms with van der Waals surface area (Å²) in [5, 5.41) is 5.48. The van der Waals surface area contributed by atoms with Crippen molar-refractivity contribution in [2.75, 3.05) is 27.2 Å². The van der Waals surface area contributed by atoms with Crippen LogP contribution in [-0.2, 0) is 15.0 Å². The molecule has 2 rings (SSSR count). The van der Waals surface area contributed by atoms with Gasteiger partial charge in [0.2, 0.25) is 5.91 Å². The van der Waals surface area contributed by atoms with E-state index in [1.807, 2.05) is 0 Å². The lowest BCUT2D eigenvalue weighted by Gasteiger charge is -2.40. The Morgan fingerprint density at radius 3 is 2.37 bits per heavy atom. The monoisotopic (exact) mass is 368 g/mol. The maximum atomic E-state index is 12.2. The average Bonchev–Trinajstić information content (AvgIpc) is 2.61. The van der Waals surface area contributed by atoms with Gasteiger partial charge in [-0.05, 0) is 56.2 Å². The van der Waals surface area contributed by atoms with Crippen LogP contribution in [0.3, 0.4) is 0 Å². The molecule has 0 saturated carbocycles. The number of amides is 1. The first-order chi connectivity index (χ1) is 12.8. The predicted molar refractivity (Wildman–Crippen MR) is 112 cm³/mol. The molecule has 0 aliphatic rings. The summed E-state index contributed by atoms with van der Waals surface area (Å²) in [7, 11) is 4.14. The lowest BCUT2D eigenvalue weighted by molar-refractivity contribution is -0.127. The van der Waals surface area contributed by atoms with Crippen LogP contribution in [0.5, 0.6) is 0 Å². The summed E-state index contributed by atoms with van der Waals surface area (Å²) >= 11 is 0. The fourth-order valence-corrected chi connectivity index (χ4v) is 3.75. The molecule has 2 aromatic rings. The first-order valence-corrected chi connectivity index (χ1v) is 9.65. The minimum absolute atomic E-state index is 0.0581. The van der Waals surface area contributed by atoms with Gasteiger partial charge in [-0.1, -0.05) is 56.3 Å². The largest absolute Gasteiger partial charge is 0.355 e. The van der Waals surface area contributed by atoms with E-state index in [0.29, 0.717) is 12.5 Å². The van der Waals surface area contributed by atoms with Crippen LogP contribution in [0.25, 0.3) is 10.8 Å². The SMILES string of the molecule is CC(=O)CC(=O)NCC(CCN(C)C)(c1cccc2ccccc12)C(C)C. The number of nitrogens with one attached hydrogen (secondary N) is 1. The Bertz CT molecular complexity index is 793. The molecule has 0 aliphatic heterocycles. The third kappa shape index (κ3) is 5.16. The van der Waals surface area contributed by atoms with E-state index < -0.39 is 0 Å². The van der Waals surface area contributed by atoms with Gasteiger partial charge < -0.3 is 10.2 Å². The quantitative estimate of drug-likeness (QED) is 0.685. The lowest BCUT2D eigenvalue weighted by atomic mass is 9.67. The molecule has 4 nitrogen and oxygen atoms in total. The third-order valence-electron chi connectivity index (χ3n) is 5.45. The molecule has 4 heteroatoms. The zero-order valence-electron chi connectivity index (χ0n) is 17.2. The van der Waals surface area contributed by atoms with Crippen molar-refractivity contribution in [1.29, 1.82) is 0 Å². The Morgan fingerprint density at radius 1 is 1.07 bits per heavy atom. The molecule has 1 unspecified atom stereocenters. The predicted octanol–water partition coefficient (Wildman–Crippen LogP) is 3.78. The van der Waals surface area contributed by atoms with Gasteiger partial charge >= 0.3 is 0 Å². The molecule has 0 spiro atoms.